The molecule has 0 heterocycles. The second kappa shape index (κ2) is 11.4. The Hall–Kier alpha value is -4.53. The van der Waals surface area contributed by atoms with Crippen molar-refractivity contribution in [2.24, 2.45) is 5.10 Å². The Morgan fingerprint density at radius 3 is 2.35 bits per heavy atom. The second-order valence-electron chi connectivity index (χ2n) is 7.34. The number of hydrazone groups is 1. The summed E-state index contributed by atoms with van der Waals surface area (Å²) in [5.74, 6) is -2.57. The van der Waals surface area contributed by atoms with E-state index in [9.17, 15) is 18.8 Å². The Labute approximate surface area is 195 Å². The fraction of sp³-hybridized carbons (Fsp3) is 0.120. The zero-order chi connectivity index (χ0) is 24.5. The van der Waals surface area contributed by atoms with Crippen molar-refractivity contribution in [1.29, 1.82) is 0 Å². The van der Waals surface area contributed by atoms with Crippen LogP contribution in [0, 0.1) is 19.7 Å². The second-order valence-corrected chi connectivity index (χ2v) is 7.34. The monoisotopic (exact) mass is 462 g/mol. The molecule has 0 saturated carbocycles. The number of anilines is 2. The summed E-state index contributed by atoms with van der Waals surface area (Å²) < 4.78 is 19.0. The van der Waals surface area contributed by atoms with Gasteiger partial charge in [0, 0.05) is 5.69 Å². The van der Waals surface area contributed by atoms with Crippen LogP contribution in [0.2, 0.25) is 0 Å². The molecule has 0 aliphatic rings. The Morgan fingerprint density at radius 2 is 1.65 bits per heavy atom. The molecule has 0 aliphatic heterocycles. The van der Waals surface area contributed by atoms with Crippen molar-refractivity contribution in [1.82, 2.24) is 5.43 Å². The molecule has 9 heteroatoms. The molecule has 3 aromatic carbocycles. The van der Waals surface area contributed by atoms with Crippen LogP contribution in [0.25, 0.3) is 0 Å². The minimum Gasteiger partial charge on any atom is -0.484 e. The molecule has 3 aromatic rings. The number of benzene rings is 3. The van der Waals surface area contributed by atoms with Crippen molar-refractivity contribution in [3.63, 3.8) is 0 Å². The number of aryl methyl sites for hydroxylation is 2. The number of rotatable bonds is 7. The van der Waals surface area contributed by atoms with Gasteiger partial charge in [-0.1, -0.05) is 18.2 Å². The average molecular weight is 462 g/mol. The van der Waals surface area contributed by atoms with Gasteiger partial charge in [0.15, 0.2) is 6.61 Å². The fourth-order valence-electron chi connectivity index (χ4n) is 2.77. The Morgan fingerprint density at radius 1 is 0.912 bits per heavy atom. The maximum Gasteiger partial charge on any atom is 0.329 e. The molecular formula is C25H23FN4O4. The van der Waals surface area contributed by atoms with E-state index in [0.717, 1.165) is 17.2 Å². The minimum absolute atomic E-state index is 0.107. The first-order valence-corrected chi connectivity index (χ1v) is 10.3. The van der Waals surface area contributed by atoms with Gasteiger partial charge in [0.1, 0.15) is 11.6 Å². The number of carbonyl (C=O) groups is 3. The molecule has 174 valence electrons. The average Bonchev–Trinajstić information content (AvgIpc) is 2.82. The first-order chi connectivity index (χ1) is 16.3. The summed E-state index contributed by atoms with van der Waals surface area (Å²) in [7, 11) is 0. The molecule has 0 bridgehead atoms. The molecule has 0 aromatic heterocycles. The topological polar surface area (TPSA) is 109 Å². The van der Waals surface area contributed by atoms with E-state index in [0.29, 0.717) is 17.0 Å². The third-order valence-corrected chi connectivity index (χ3v) is 4.75. The van der Waals surface area contributed by atoms with Gasteiger partial charge >= 0.3 is 11.8 Å². The van der Waals surface area contributed by atoms with Crippen LogP contribution < -0.4 is 20.8 Å². The molecule has 3 amide bonds. The van der Waals surface area contributed by atoms with Crippen LogP contribution in [-0.4, -0.2) is 30.5 Å². The molecule has 0 unspecified atom stereocenters. The van der Waals surface area contributed by atoms with E-state index in [-0.39, 0.29) is 18.2 Å². The molecule has 0 fully saturated rings. The molecule has 0 spiro atoms. The number of amides is 3. The van der Waals surface area contributed by atoms with E-state index in [1.165, 1.54) is 24.4 Å². The van der Waals surface area contributed by atoms with Crippen molar-refractivity contribution < 1.29 is 23.5 Å². The molecule has 34 heavy (non-hydrogen) atoms. The highest BCUT2D eigenvalue weighted by atomic mass is 19.1. The maximum atomic E-state index is 13.5. The van der Waals surface area contributed by atoms with Crippen LogP contribution >= 0.6 is 0 Å². The molecule has 3 rings (SSSR count). The number of hydrogen-bond donors (Lipinski definition) is 3. The third-order valence-electron chi connectivity index (χ3n) is 4.75. The zero-order valence-electron chi connectivity index (χ0n) is 18.6. The highest BCUT2D eigenvalue weighted by Gasteiger charge is 2.14. The van der Waals surface area contributed by atoms with Gasteiger partial charge in [-0.2, -0.15) is 5.10 Å². The molecule has 8 nitrogen and oxygen atoms in total. The van der Waals surface area contributed by atoms with E-state index >= 15 is 0 Å². The van der Waals surface area contributed by atoms with Crippen LogP contribution in [-0.2, 0) is 14.4 Å². The van der Waals surface area contributed by atoms with E-state index < -0.39 is 17.6 Å². The van der Waals surface area contributed by atoms with Crippen molar-refractivity contribution in [3.8, 4) is 5.75 Å². The first-order valence-electron chi connectivity index (χ1n) is 10.3. The summed E-state index contributed by atoms with van der Waals surface area (Å²) in [6, 6.07) is 17.7. The van der Waals surface area contributed by atoms with E-state index in [1.54, 1.807) is 24.3 Å². The summed E-state index contributed by atoms with van der Waals surface area (Å²) in [4.78, 5) is 35.7. The maximum absolute atomic E-state index is 13.5. The summed E-state index contributed by atoms with van der Waals surface area (Å²) in [5, 5.41) is 8.65. The van der Waals surface area contributed by atoms with Crippen molar-refractivity contribution in [2.45, 2.75) is 13.8 Å². The van der Waals surface area contributed by atoms with E-state index in [1.807, 2.05) is 32.0 Å². The van der Waals surface area contributed by atoms with Gasteiger partial charge in [-0.3, -0.25) is 14.4 Å². The lowest BCUT2D eigenvalue weighted by atomic mass is 10.1. The Bertz CT molecular complexity index is 1230. The molecule has 3 N–H and O–H groups in total. The van der Waals surface area contributed by atoms with Crippen LogP contribution in [0.15, 0.2) is 71.8 Å². The SMILES string of the molecule is Cc1ccc(NC(=O)COc2ccc(/C=N\NC(=O)C(=O)Nc3ccccc3F)cc2)cc1C. The summed E-state index contributed by atoms with van der Waals surface area (Å²) in [5.41, 5.74) is 5.50. The predicted octanol–water partition coefficient (Wildman–Crippen LogP) is 3.55. The van der Waals surface area contributed by atoms with Crippen molar-refractivity contribution in [2.75, 3.05) is 17.2 Å². The number of para-hydroxylation sites is 1. The normalized spacial score (nSPS) is 10.6. The molecule has 0 saturated heterocycles. The lowest BCUT2D eigenvalue weighted by Crippen LogP contribution is -2.32. The molecular weight excluding hydrogens is 439 g/mol. The first kappa shape index (κ1) is 24.1. The standard InChI is InChI=1S/C25H23FN4O4/c1-16-7-10-19(13-17(16)2)28-23(31)15-34-20-11-8-18(9-12-20)14-27-30-25(33)24(32)29-22-6-4-3-5-21(22)26/h3-14H,15H2,1-2H3,(H,28,31)(H,29,32)(H,30,33)/b27-14-. The van der Waals surface area contributed by atoms with Crippen molar-refractivity contribution in [3.05, 3.63) is 89.2 Å². The van der Waals surface area contributed by atoms with Gasteiger partial charge < -0.3 is 15.4 Å². The smallest absolute Gasteiger partial charge is 0.329 e. The van der Waals surface area contributed by atoms with Crippen LogP contribution in [0.4, 0.5) is 15.8 Å². The van der Waals surface area contributed by atoms with Gasteiger partial charge in [-0.05, 0) is 79.1 Å². The number of ether oxygens (including phenoxy) is 1. The largest absolute Gasteiger partial charge is 0.484 e. The summed E-state index contributed by atoms with van der Waals surface area (Å²) in [6.07, 6.45) is 1.32. The zero-order valence-corrected chi connectivity index (χ0v) is 18.6. The Balaban J connectivity index is 1.44. The Kier molecular flexibility index (Phi) is 8.07. The minimum atomic E-state index is -1.05. The lowest BCUT2D eigenvalue weighted by Gasteiger charge is -2.09. The van der Waals surface area contributed by atoms with Crippen LogP contribution in [0.5, 0.6) is 5.75 Å². The fourth-order valence-corrected chi connectivity index (χ4v) is 2.77. The van der Waals surface area contributed by atoms with Crippen LogP contribution in [0.1, 0.15) is 16.7 Å². The number of nitrogens with one attached hydrogen (secondary N) is 3. The molecule has 0 aliphatic carbocycles. The summed E-state index contributed by atoms with van der Waals surface area (Å²) in [6.45, 7) is 3.81. The highest BCUT2D eigenvalue weighted by molar-refractivity contribution is 6.39. The predicted molar refractivity (Wildman–Crippen MR) is 127 cm³/mol. The van der Waals surface area contributed by atoms with E-state index in [4.69, 9.17) is 4.74 Å². The molecule has 0 radical (unpaired) electrons. The lowest BCUT2D eigenvalue weighted by molar-refractivity contribution is -0.136. The number of carbonyl (C=O) groups excluding carboxylic acids is 3. The third kappa shape index (κ3) is 6.99. The van der Waals surface area contributed by atoms with Gasteiger partial charge in [0.2, 0.25) is 0 Å². The quantitative estimate of drug-likeness (QED) is 0.283. The van der Waals surface area contributed by atoms with Gasteiger partial charge in [-0.15, -0.1) is 0 Å². The summed E-state index contributed by atoms with van der Waals surface area (Å²) >= 11 is 0. The van der Waals surface area contributed by atoms with Gasteiger partial charge in [0.05, 0.1) is 11.9 Å². The highest BCUT2D eigenvalue weighted by Crippen LogP contribution is 2.15. The van der Waals surface area contributed by atoms with Crippen LogP contribution in [0.3, 0.4) is 0 Å². The number of nitrogens with zero attached hydrogens (tertiary/aromatic N) is 1. The number of halogens is 1. The van der Waals surface area contributed by atoms with E-state index in [2.05, 4.69) is 21.2 Å². The molecule has 0 atom stereocenters. The van der Waals surface area contributed by atoms with Gasteiger partial charge in [-0.25, -0.2) is 9.82 Å². The van der Waals surface area contributed by atoms with Crippen molar-refractivity contribution >= 4 is 35.3 Å². The van der Waals surface area contributed by atoms with Gasteiger partial charge in [0.25, 0.3) is 5.91 Å². The number of hydrogen-bond acceptors (Lipinski definition) is 5.